The van der Waals surface area contributed by atoms with Crippen molar-refractivity contribution in [2.75, 3.05) is 7.11 Å². The minimum atomic E-state index is -1.23. The third kappa shape index (κ3) is 5.42. The third-order valence-electron chi connectivity index (χ3n) is 3.85. The smallest absolute Gasteiger partial charge is 0.307 e. The zero-order valence-electron chi connectivity index (χ0n) is 14.6. The SMILES string of the molecule is COC(=O)CC(NC(=O)C(O)Cc1cnn(C)c1)c1cccc(C)c1. The maximum Gasteiger partial charge on any atom is 0.307 e. The molecule has 0 radical (unpaired) electrons. The monoisotopic (exact) mass is 345 g/mol. The predicted molar refractivity (Wildman–Crippen MR) is 91.6 cm³/mol. The Bertz CT molecular complexity index is 741. The Labute approximate surface area is 146 Å². The van der Waals surface area contributed by atoms with Crippen LogP contribution >= 0.6 is 0 Å². The molecular weight excluding hydrogens is 322 g/mol. The van der Waals surface area contributed by atoms with Gasteiger partial charge in [0.15, 0.2) is 0 Å². The number of carbonyl (C=O) groups excluding carboxylic acids is 2. The molecule has 0 aliphatic rings. The quantitative estimate of drug-likeness (QED) is 0.732. The molecule has 25 heavy (non-hydrogen) atoms. The highest BCUT2D eigenvalue weighted by molar-refractivity contribution is 5.82. The van der Waals surface area contributed by atoms with Gasteiger partial charge in [0.25, 0.3) is 0 Å². The Morgan fingerprint density at radius 2 is 2.16 bits per heavy atom. The highest BCUT2D eigenvalue weighted by Gasteiger charge is 2.23. The van der Waals surface area contributed by atoms with Crippen LogP contribution in [0.2, 0.25) is 0 Å². The molecule has 0 bridgehead atoms. The number of aliphatic hydroxyl groups is 1. The molecule has 2 atom stereocenters. The van der Waals surface area contributed by atoms with Gasteiger partial charge in [-0.3, -0.25) is 14.3 Å². The first-order valence-corrected chi connectivity index (χ1v) is 7.98. The van der Waals surface area contributed by atoms with Crippen LogP contribution in [0.25, 0.3) is 0 Å². The molecule has 0 saturated carbocycles. The van der Waals surface area contributed by atoms with Crippen LogP contribution in [0.5, 0.6) is 0 Å². The van der Waals surface area contributed by atoms with Crippen molar-refractivity contribution >= 4 is 11.9 Å². The number of methoxy groups -OCH3 is 1. The van der Waals surface area contributed by atoms with Crippen LogP contribution in [0.1, 0.15) is 29.2 Å². The number of esters is 1. The lowest BCUT2D eigenvalue weighted by Crippen LogP contribution is -2.39. The lowest BCUT2D eigenvalue weighted by atomic mass is 10.0. The van der Waals surface area contributed by atoms with Crippen molar-refractivity contribution in [2.45, 2.75) is 31.9 Å². The molecule has 1 amide bonds. The molecule has 2 N–H and O–H groups in total. The van der Waals surface area contributed by atoms with Gasteiger partial charge in [-0.2, -0.15) is 5.10 Å². The van der Waals surface area contributed by atoms with Crippen molar-refractivity contribution in [1.29, 1.82) is 0 Å². The van der Waals surface area contributed by atoms with Crippen LogP contribution in [-0.4, -0.2) is 40.0 Å². The fourth-order valence-corrected chi connectivity index (χ4v) is 2.55. The average Bonchev–Trinajstić information content (AvgIpc) is 2.98. The molecular formula is C18H23N3O4. The molecule has 1 heterocycles. The van der Waals surface area contributed by atoms with Gasteiger partial charge in [0, 0.05) is 19.7 Å². The first-order valence-electron chi connectivity index (χ1n) is 7.98. The highest BCUT2D eigenvalue weighted by Crippen LogP contribution is 2.19. The first-order chi connectivity index (χ1) is 11.9. The molecule has 2 unspecified atom stereocenters. The summed E-state index contributed by atoms with van der Waals surface area (Å²) in [6, 6.07) is 6.93. The van der Waals surface area contributed by atoms with Gasteiger partial charge in [-0.05, 0) is 18.1 Å². The number of nitrogens with one attached hydrogen (secondary N) is 1. The molecule has 0 aliphatic carbocycles. The van der Waals surface area contributed by atoms with Gasteiger partial charge < -0.3 is 15.2 Å². The Kier molecular flexibility index (Phi) is 6.30. The molecule has 0 saturated heterocycles. The van der Waals surface area contributed by atoms with Crippen LogP contribution in [0.4, 0.5) is 0 Å². The summed E-state index contributed by atoms with van der Waals surface area (Å²) in [7, 11) is 3.06. The summed E-state index contributed by atoms with van der Waals surface area (Å²) in [6.45, 7) is 1.93. The number of aliphatic hydroxyl groups excluding tert-OH is 1. The third-order valence-corrected chi connectivity index (χ3v) is 3.85. The van der Waals surface area contributed by atoms with Crippen LogP contribution in [-0.2, 0) is 27.8 Å². The second kappa shape index (κ2) is 8.43. The van der Waals surface area contributed by atoms with E-state index < -0.39 is 24.0 Å². The van der Waals surface area contributed by atoms with E-state index in [4.69, 9.17) is 4.74 Å². The predicted octanol–water partition coefficient (Wildman–Crippen LogP) is 1.05. The molecule has 134 valence electrons. The van der Waals surface area contributed by atoms with E-state index in [2.05, 4.69) is 10.4 Å². The van der Waals surface area contributed by atoms with E-state index in [9.17, 15) is 14.7 Å². The number of nitrogens with zero attached hydrogens (tertiary/aromatic N) is 2. The van der Waals surface area contributed by atoms with E-state index in [1.54, 1.807) is 24.1 Å². The summed E-state index contributed by atoms with van der Waals surface area (Å²) in [4.78, 5) is 24.0. The lowest BCUT2D eigenvalue weighted by Gasteiger charge is -2.20. The Balaban J connectivity index is 2.09. The van der Waals surface area contributed by atoms with Crippen molar-refractivity contribution < 1.29 is 19.4 Å². The lowest BCUT2D eigenvalue weighted by molar-refractivity contribution is -0.141. The number of benzene rings is 1. The van der Waals surface area contributed by atoms with E-state index in [1.807, 2.05) is 31.2 Å². The zero-order valence-corrected chi connectivity index (χ0v) is 14.6. The van der Waals surface area contributed by atoms with Gasteiger partial charge in [0.05, 0.1) is 25.8 Å². The molecule has 7 heteroatoms. The van der Waals surface area contributed by atoms with E-state index in [-0.39, 0.29) is 12.8 Å². The first kappa shape index (κ1) is 18.7. The number of ether oxygens (including phenoxy) is 1. The van der Waals surface area contributed by atoms with E-state index in [0.717, 1.165) is 16.7 Å². The van der Waals surface area contributed by atoms with Crippen LogP contribution < -0.4 is 5.32 Å². The highest BCUT2D eigenvalue weighted by atomic mass is 16.5. The maximum atomic E-state index is 12.4. The summed E-state index contributed by atoms with van der Waals surface area (Å²) in [5.74, 6) is -0.979. The van der Waals surface area contributed by atoms with Crippen LogP contribution in [0, 0.1) is 6.92 Å². The fraction of sp³-hybridized carbons (Fsp3) is 0.389. The number of hydrogen-bond acceptors (Lipinski definition) is 5. The zero-order chi connectivity index (χ0) is 18.4. The number of aryl methyl sites for hydroxylation is 2. The molecule has 1 aromatic heterocycles. The maximum absolute atomic E-state index is 12.4. The standard InChI is InChI=1S/C18H23N3O4/c1-12-5-4-6-14(7-12)15(9-17(23)25-3)20-18(24)16(22)8-13-10-19-21(2)11-13/h4-7,10-11,15-16,22H,8-9H2,1-3H3,(H,20,24). The topological polar surface area (TPSA) is 93.4 Å². The number of rotatable bonds is 7. The molecule has 0 fully saturated rings. The molecule has 0 aliphatic heterocycles. The summed E-state index contributed by atoms with van der Waals surface area (Å²) in [6.07, 6.45) is 2.25. The van der Waals surface area contributed by atoms with Crippen molar-refractivity contribution in [1.82, 2.24) is 15.1 Å². The second-order valence-electron chi connectivity index (χ2n) is 6.00. The molecule has 2 aromatic rings. The average molecular weight is 345 g/mol. The Hall–Kier alpha value is -2.67. The number of hydrogen-bond donors (Lipinski definition) is 2. The fourth-order valence-electron chi connectivity index (χ4n) is 2.55. The Morgan fingerprint density at radius 1 is 1.40 bits per heavy atom. The molecule has 1 aromatic carbocycles. The van der Waals surface area contributed by atoms with Gasteiger partial charge in [-0.25, -0.2) is 0 Å². The second-order valence-corrected chi connectivity index (χ2v) is 6.00. The molecule has 2 rings (SSSR count). The number of carbonyl (C=O) groups is 2. The largest absolute Gasteiger partial charge is 0.469 e. The summed E-state index contributed by atoms with van der Waals surface area (Å²) < 4.78 is 6.31. The van der Waals surface area contributed by atoms with Crippen LogP contribution in [0.3, 0.4) is 0 Å². The molecule has 7 nitrogen and oxygen atoms in total. The minimum Gasteiger partial charge on any atom is -0.469 e. The summed E-state index contributed by atoms with van der Waals surface area (Å²) in [5, 5.41) is 16.9. The van der Waals surface area contributed by atoms with Gasteiger partial charge in [-0.15, -0.1) is 0 Å². The van der Waals surface area contributed by atoms with Crippen molar-refractivity contribution in [3.05, 3.63) is 53.3 Å². The van der Waals surface area contributed by atoms with Crippen LogP contribution in [0.15, 0.2) is 36.7 Å². The van der Waals surface area contributed by atoms with Crippen molar-refractivity contribution in [2.24, 2.45) is 7.05 Å². The Morgan fingerprint density at radius 3 is 2.76 bits per heavy atom. The van der Waals surface area contributed by atoms with E-state index in [1.165, 1.54) is 7.11 Å². The van der Waals surface area contributed by atoms with E-state index in [0.29, 0.717) is 0 Å². The van der Waals surface area contributed by atoms with Crippen molar-refractivity contribution in [3.63, 3.8) is 0 Å². The molecule has 0 spiro atoms. The van der Waals surface area contributed by atoms with Crippen molar-refractivity contribution in [3.8, 4) is 0 Å². The number of amides is 1. The van der Waals surface area contributed by atoms with E-state index >= 15 is 0 Å². The van der Waals surface area contributed by atoms with Gasteiger partial charge in [0.1, 0.15) is 6.10 Å². The number of aromatic nitrogens is 2. The van der Waals surface area contributed by atoms with Gasteiger partial charge in [0.2, 0.25) is 5.91 Å². The van der Waals surface area contributed by atoms with Gasteiger partial charge >= 0.3 is 5.97 Å². The van der Waals surface area contributed by atoms with Gasteiger partial charge in [-0.1, -0.05) is 29.8 Å². The normalized spacial score (nSPS) is 13.1. The minimum absolute atomic E-state index is 0.00863. The summed E-state index contributed by atoms with van der Waals surface area (Å²) >= 11 is 0. The summed E-state index contributed by atoms with van der Waals surface area (Å²) in [5.41, 5.74) is 2.55.